The van der Waals surface area contributed by atoms with Gasteiger partial charge in [0.15, 0.2) is 5.82 Å². The van der Waals surface area contributed by atoms with Crippen molar-refractivity contribution in [2.45, 2.75) is 24.9 Å². The Morgan fingerprint density at radius 3 is 2.62 bits per heavy atom. The summed E-state index contributed by atoms with van der Waals surface area (Å²) in [5.41, 5.74) is 2.20. The molecule has 1 unspecified atom stereocenters. The van der Waals surface area contributed by atoms with E-state index in [1.54, 1.807) is 7.11 Å². The van der Waals surface area contributed by atoms with Crippen LogP contribution in [-0.2, 0) is 4.74 Å². The molecule has 2 fully saturated rings. The zero-order chi connectivity index (χ0) is 16.5. The third kappa shape index (κ3) is 3.03. The summed E-state index contributed by atoms with van der Waals surface area (Å²) in [5, 5.41) is 4.19. The lowest BCUT2D eigenvalue weighted by Gasteiger charge is -2.18. The van der Waals surface area contributed by atoms with Crippen molar-refractivity contribution >= 4 is 5.69 Å². The molecule has 2 saturated heterocycles. The van der Waals surface area contributed by atoms with Crippen molar-refractivity contribution < 1.29 is 9.26 Å². The highest BCUT2D eigenvalue weighted by atomic mass is 16.5. The maximum atomic E-state index is 5.48. The number of benzene rings is 1. The summed E-state index contributed by atoms with van der Waals surface area (Å²) in [5.74, 6) is 1.84. The van der Waals surface area contributed by atoms with Gasteiger partial charge in [0.2, 0.25) is 0 Å². The van der Waals surface area contributed by atoms with Crippen LogP contribution in [0.25, 0.3) is 11.5 Å². The molecule has 1 aromatic heterocycles. The van der Waals surface area contributed by atoms with Gasteiger partial charge in [0.25, 0.3) is 5.89 Å². The number of methoxy groups -OCH3 is 1. The van der Waals surface area contributed by atoms with Crippen molar-refractivity contribution in [3.63, 3.8) is 0 Å². The zero-order valence-corrected chi connectivity index (χ0v) is 14.3. The first kappa shape index (κ1) is 15.6. The first-order valence-electron chi connectivity index (χ1n) is 8.63. The third-order valence-corrected chi connectivity index (χ3v) is 5.16. The van der Waals surface area contributed by atoms with Crippen molar-refractivity contribution in [3.8, 4) is 11.5 Å². The molecule has 0 aliphatic carbocycles. The number of likely N-dealkylation sites (tertiary alicyclic amines) is 1. The molecule has 6 heteroatoms. The molecule has 1 aromatic carbocycles. The molecule has 0 spiro atoms. The molecule has 2 aliphatic rings. The van der Waals surface area contributed by atoms with Crippen LogP contribution in [-0.4, -0.2) is 61.5 Å². The van der Waals surface area contributed by atoms with Gasteiger partial charge in [-0.05, 0) is 50.7 Å². The van der Waals surface area contributed by atoms with Crippen LogP contribution in [0.2, 0.25) is 0 Å². The van der Waals surface area contributed by atoms with E-state index in [1.165, 1.54) is 5.69 Å². The van der Waals surface area contributed by atoms with Crippen molar-refractivity contribution in [1.29, 1.82) is 0 Å². The molecular weight excluding hydrogens is 304 g/mol. The Hall–Kier alpha value is -1.92. The van der Waals surface area contributed by atoms with Crippen LogP contribution < -0.4 is 4.90 Å². The van der Waals surface area contributed by atoms with Gasteiger partial charge in [0.1, 0.15) is 0 Å². The highest BCUT2D eigenvalue weighted by Gasteiger charge is 2.26. The maximum Gasteiger partial charge on any atom is 0.257 e. The van der Waals surface area contributed by atoms with Gasteiger partial charge in [-0.2, -0.15) is 4.98 Å². The summed E-state index contributed by atoms with van der Waals surface area (Å²) in [4.78, 5) is 9.27. The van der Waals surface area contributed by atoms with E-state index in [2.05, 4.69) is 51.3 Å². The summed E-state index contributed by atoms with van der Waals surface area (Å²) in [6.45, 7) is 4.10. The lowest BCUT2D eigenvalue weighted by molar-refractivity contribution is 0.121. The van der Waals surface area contributed by atoms with Crippen molar-refractivity contribution in [3.05, 3.63) is 30.1 Å². The smallest absolute Gasteiger partial charge is 0.257 e. The van der Waals surface area contributed by atoms with Crippen LogP contribution >= 0.6 is 0 Å². The number of hydrogen-bond donors (Lipinski definition) is 0. The van der Waals surface area contributed by atoms with Crippen LogP contribution in [0.1, 0.15) is 24.6 Å². The predicted octanol–water partition coefficient (Wildman–Crippen LogP) is 2.38. The molecule has 4 rings (SSSR count). The normalized spacial score (nSPS) is 24.8. The molecule has 128 valence electrons. The largest absolute Gasteiger partial charge is 0.380 e. The first-order chi connectivity index (χ1) is 11.7. The fraction of sp³-hybridized carbons (Fsp3) is 0.556. The quantitative estimate of drug-likeness (QED) is 0.859. The van der Waals surface area contributed by atoms with Crippen molar-refractivity contribution in [2.24, 2.45) is 0 Å². The maximum absolute atomic E-state index is 5.48. The van der Waals surface area contributed by atoms with Gasteiger partial charge < -0.3 is 19.1 Å². The lowest BCUT2D eigenvalue weighted by atomic mass is 10.1. The highest BCUT2D eigenvalue weighted by molar-refractivity contribution is 5.59. The predicted molar refractivity (Wildman–Crippen MR) is 92.2 cm³/mol. The Kier molecular flexibility index (Phi) is 4.24. The summed E-state index contributed by atoms with van der Waals surface area (Å²) in [7, 11) is 3.92. The summed E-state index contributed by atoms with van der Waals surface area (Å²) in [6.07, 6.45) is 2.53. The van der Waals surface area contributed by atoms with Crippen LogP contribution in [0.4, 0.5) is 5.69 Å². The molecule has 2 atom stereocenters. The fourth-order valence-corrected chi connectivity index (χ4v) is 3.63. The fourth-order valence-electron chi connectivity index (χ4n) is 3.63. The minimum Gasteiger partial charge on any atom is -0.380 e. The van der Waals surface area contributed by atoms with Gasteiger partial charge in [-0.3, -0.25) is 0 Å². The highest BCUT2D eigenvalue weighted by Crippen LogP contribution is 2.28. The Labute approximate surface area is 142 Å². The molecule has 3 heterocycles. The van der Waals surface area contributed by atoms with E-state index in [1.807, 2.05) is 0 Å². The summed E-state index contributed by atoms with van der Waals surface area (Å²) in [6, 6.07) is 8.38. The Morgan fingerprint density at radius 2 is 1.96 bits per heavy atom. The van der Waals surface area contributed by atoms with E-state index in [0.29, 0.717) is 17.9 Å². The van der Waals surface area contributed by atoms with E-state index in [4.69, 9.17) is 9.26 Å². The number of nitrogens with zero attached hydrogens (tertiary/aromatic N) is 4. The number of hydrogen-bond acceptors (Lipinski definition) is 6. The summed E-state index contributed by atoms with van der Waals surface area (Å²) >= 11 is 0. The van der Waals surface area contributed by atoms with E-state index in [-0.39, 0.29) is 0 Å². The average Bonchev–Trinajstić information content (AvgIpc) is 3.35. The minimum atomic E-state index is 0.340. The van der Waals surface area contributed by atoms with E-state index < -0.39 is 0 Å². The molecule has 0 radical (unpaired) electrons. The second-order valence-electron chi connectivity index (χ2n) is 6.84. The monoisotopic (exact) mass is 328 g/mol. The van der Waals surface area contributed by atoms with Crippen molar-refractivity contribution in [2.75, 3.05) is 45.2 Å². The molecular formula is C18H24N4O2. The van der Waals surface area contributed by atoms with Crippen LogP contribution in [0, 0.1) is 0 Å². The second kappa shape index (κ2) is 6.53. The topological polar surface area (TPSA) is 54.6 Å². The zero-order valence-electron chi connectivity index (χ0n) is 14.3. The standard InChI is InChI=1S/C18H24N4O2/c1-21-9-7-14(11-21)17-19-18(24-20-17)13-3-5-15(6-4-13)22-10-8-16(12-22)23-2/h3-6,14,16H,7-12H2,1-2H3/t14?,16-/m1/s1. The van der Waals surface area contributed by atoms with Gasteiger partial charge in [0, 0.05) is 43.9 Å². The van der Waals surface area contributed by atoms with Gasteiger partial charge in [-0.25, -0.2) is 0 Å². The summed E-state index contributed by atoms with van der Waals surface area (Å²) < 4.78 is 10.9. The van der Waals surface area contributed by atoms with Crippen LogP contribution in [0.15, 0.2) is 28.8 Å². The lowest BCUT2D eigenvalue weighted by Crippen LogP contribution is -2.21. The number of aromatic nitrogens is 2. The number of likely N-dealkylation sites (N-methyl/N-ethyl adjacent to an activating group) is 1. The first-order valence-corrected chi connectivity index (χ1v) is 8.63. The molecule has 2 aliphatic heterocycles. The van der Waals surface area contributed by atoms with E-state index in [9.17, 15) is 0 Å². The molecule has 0 amide bonds. The molecule has 0 saturated carbocycles. The van der Waals surface area contributed by atoms with E-state index >= 15 is 0 Å². The van der Waals surface area contributed by atoms with Crippen molar-refractivity contribution in [1.82, 2.24) is 15.0 Å². The molecule has 2 aromatic rings. The molecule has 6 nitrogen and oxygen atoms in total. The minimum absolute atomic E-state index is 0.340. The Bertz CT molecular complexity index is 685. The van der Waals surface area contributed by atoms with Gasteiger partial charge >= 0.3 is 0 Å². The SMILES string of the molecule is CO[C@@H]1CCN(c2ccc(-c3nc(C4CCN(C)C4)no3)cc2)C1. The van der Waals surface area contributed by atoms with Gasteiger partial charge in [-0.1, -0.05) is 5.16 Å². The van der Waals surface area contributed by atoms with Crippen LogP contribution in [0.5, 0.6) is 0 Å². The molecule has 24 heavy (non-hydrogen) atoms. The Balaban J connectivity index is 1.46. The van der Waals surface area contributed by atoms with Gasteiger partial charge in [-0.15, -0.1) is 0 Å². The second-order valence-corrected chi connectivity index (χ2v) is 6.84. The third-order valence-electron chi connectivity index (χ3n) is 5.16. The molecule has 0 bridgehead atoms. The average molecular weight is 328 g/mol. The van der Waals surface area contributed by atoms with E-state index in [0.717, 1.165) is 50.4 Å². The van der Waals surface area contributed by atoms with Crippen LogP contribution in [0.3, 0.4) is 0 Å². The Morgan fingerprint density at radius 1 is 1.12 bits per heavy atom. The number of rotatable bonds is 4. The number of anilines is 1. The van der Waals surface area contributed by atoms with Gasteiger partial charge in [0.05, 0.1) is 6.10 Å². The molecule has 0 N–H and O–H groups in total. The number of ether oxygens (including phenoxy) is 1.